The molecule has 2 aromatic rings. The van der Waals surface area contributed by atoms with Crippen LogP contribution in [0.25, 0.3) is 0 Å². The van der Waals surface area contributed by atoms with Crippen molar-refractivity contribution in [2.45, 2.75) is 6.54 Å². The Morgan fingerprint density at radius 2 is 1.89 bits per heavy atom. The summed E-state index contributed by atoms with van der Waals surface area (Å²) in [4.78, 5) is 1.89. The molecule has 0 aromatic heterocycles. The second-order valence-corrected chi connectivity index (χ2v) is 4.57. The van der Waals surface area contributed by atoms with Crippen LogP contribution in [0.15, 0.2) is 42.5 Å². The van der Waals surface area contributed by atoms with Gasteiger partial charge in [-0.2, -0.15) is 0 Å². The largest absolute Gasteiger partial charge is 0.397 e. The van der Waals surface area contributed by atoms with Gasteiger partial charge in [0.25, 0.3) is 0 Å². The molecule has 18 heavy (non-hydrogen) atoms. The molecule has 4 heteroatoms. The molecule has 94 valence electrons. The fourth-order valence-corrected chi connectivity index (χ4v) is 2.00. The van der Waals surface area contributed by atoms with Gasteiger partial charge in [-0.1, -0.05) is 41.9 Å². The van der Waals surface area contributed by atoms with Gasteiger partial charge in [-0.05, 0) is 11.6 Å². The second kappa shape index (κ2) is 5.27. The molecule has 0 aliphatic carbocycles. The molecule has 0 aliphatic rings. The molecule has 2 rings (SSSR count). The molecule has 0 atom stereocenters. The highest BCUT2D eigenvalue weighted by Crippen LogP contribution is 2.29. The van der Waals surface area contributed by atoms with E-state index in [4.69, 9.17) is 17.3 Å². The standard InChI is InChI=1S/C14H14ClFN2/c1-18(9-10-5-3-2-4-6-10)14-8-12(16)11(15)7-13(14)17/h2-8H,9,17H2,1H3. The van der Waals surface area contributed by atoms with Crippen molar-refractivity contribution in [2.24, 2.45) is 0 Å². The van der Waals surface area contributed by atoms with Crippen LogP contribution in [-0.2, 0) is 6.54 Å². The number of hydrogen-bond acceptors (Lipinski definition) is 2. The first kappa shape index (κ1) is 12.7. The van der Waals surface area contributed by atoms with Gasteiger partial charge < -0.3 is 10.6 Å². The van der Waals surface area contributed by atoms with Crippen molar-refractivity contribution in [3.8, 4) is 0 Å². The Morgan fingerprint density at radius 3 is 2.56 bits per heavy atom. The van der Waals surface area contributed by atoms with Crippen LogP contribution in [0.3, 0.4) is 0 Å². The van der Waals surface area contributed by atoms with Gasteiger partial charge in [0.1, 0.15) is 5.82 Å². The average molecular weight is 265 g/mol. The number of anilines is 2. The fraction of sp³-hybridized carbons (Fsp3) is 0.143. The van der Waals surface area contributed by atoms with Gasteiger partial charge in [0.05, 0.1) is 16.4 Å². The number of nitrogen functional groups attached to an aromatic ring is 1. The summed E-state index contributed by atoms with van der Waals surface area (Å²) in [5.41, 5.74) is 8.10. The highest BCUT2D eigenvalue weighted by molar-refractivity contribution is 6.31. The van der Waals surface area contributed by atoms with Gasteiger partial charge in [-0.3, -0.25) is 0 Å². The van der Waals surface area contributed by atoms with Crippen molar-refractivity contribution in [1.29, 1.82) is 0 Å². The van der Waals surface area contributed by atoms with Crippen LogP contribution in [0, 0.1) is 5.82 Å². The monoisotopic (exact) mass is 264 g/mol. The molecular weight excluding hydrogens is 251 g/mol. The third-order valence-corrected chi connectivity index (χ3v) is 3.03. The molecular formula is C14H14ClFN2. The second-order valence-electron chi connectivity index (χ2n) is 4.17. The lowest BCUT2D eigenvalue weighted by molar-refractivity contribution is 0.628. The molecule has 0 saturated carbocycles. The first-order chi connectivity index (χ1) is 8.58. The quantitative estimate of drug-likeness (QED) is 0.857. The predicted octanol–water partition coefficient (Wildman–Crippen LogP) is 3.70. The summed E-state index contributed by atoms with van der Waals surface area (Å²) in [6, 6.07) is 12.7. The molecule has 2 nitrogen and oxygen atoms in total. The van der Waals surface area contributed by atoms with Crippen LogP contribution in [0.2, 0.25) is 5.02 Å². The first-order valence-electron chi connectivity index (χ1n) is 5.57. The van der Waals surface area contributed by atoms with E-state index in [1.54, 1.807) is 0 Å². The summed E-state index contributed by atoms with van der Waals surface area (Å²) < 4.78 is 13.4. The predicted molar refractivity (Wildman–Crippen MR) is 74.4 cm³/mol. The summed E-state index contributed by atoms with van der Waals surface area (Å²) in [5, 5.41) is 0.0457. The molecule has 0 aliphatic heterocycles. The summed E-state index contributed by atoms with van der Waals surface area (Å²) >= 11 is 5.68. The van der Waals surface area contributed by atoms with E-state index in [2.05, 4.69) is 0 Å². The molecule has 0 amide bonds. The minimum atomic E-state index is -0.458. The number of nitrogens with two attached hydrogens (primary N) is 1. The van der Waals surface area contributed by atoms with Gasteiger partial charge in [0, 0.05) is 19.7 Å². The molecule has 0 fully saturated rings. The average Bonchev–Trinajstić information content (AvgIpc) is 2.35. The lowest BCUT2D eigenvalue weighted by atomic mass is 10.2. The summed E-state index contributed by atoms with van der Waals surface area (Å²) in [6.45, 7) is 0.659. The van der Waals surface area contributed by atoms with Crippen LogP contribution in [-0.4, -0.2) is 7.05 Å². The number of rotatable bonds is 3. The number of benzene rings is 2. The Labute approximate surface area is 111 Å². The van der Waals surface area contributed by atoms with E-state index in [1.807, 2.05) is 42.3 Å². The van der Waals surface area contributed by atoms with Crippen molar-refractivity contribution < 1.29 is 4.39 Å². The van der Waals surface area contributed by atoms with E-state index in [0.717, 1.165) is 5.56 Å². The Kier molecular flexibility index (Phi) is 3.72. The number of hydrogen-bond donors (Lipinski definition) is 1. The summed E-state index contributed by atoms with van der Waals surface area (Å²) in [5.74, 6) is -0.458. The zero-order valence-electron chi connectivity index (χ0n) is 10.0. The molecule has 0 heterocycles. The van der Waals surface area contributed by atoms with Gasteiger partial charge in [-0.15, -0.1) is 0 Å². The molecule has 0 saturated heterocycles. The van der Waals surface area contributed by atoms with Crippen LogP contribution in [0.1, 0.15) is 5.56 Å². The molecule has 0 radical (unpaired) electrons. The van der Waals surface area contributed by atoms with Gasteiger partial charge in [0.2, 0.25) is 0 Å². The van der Waals surface area contributed by atoms with Gasteiger partial charge >= 0.3 is 0 Å². The molecule has 2 N–H and O–H groups in total. The van der Waals surface area contributed by atoms with Crippen molar-refractivity contribution >= 4 is 23.0 Å². The van der Waals surface area contributed by atoms with Crippen molar-refractivity contribution in [2.75, 3.05) is 17.7 Å². The minimum Gasteiger partial charge on any atom is -0.397 e. The highest BCUT2D eigenvalue weighted by Gasteiger charge is 2.10. The van der Waals surface area contributed by atoms with E-state index in [1.165, 1.54) is 12.1 Å². The smallest absolute Gasteiger partial charge is 0.144 e. The topological polar surface area (TPSA) is 29.3 Å². The maximum absolute atomic E-state index is 13.4. The van der Waals surface area contributed by atoms with Crippen LogP contribution >= 0.6 is 11.6 Å². The fourth-order valence-electron chi connectivity index (χ4n) is 1.82. The molecule has 2 aromatic carbocycles. The summed E-state index contributed by atoms with van der Waals surface area (Å²) in [7, 11) is 1.87. The minimum absolute atomic E-state index is 0.0457. The van der Waals surface area contributed by atoms with Crippen molar-refractivity contribution in [3.63, 3.8) is 0 Å². The van der Waals surface area contributed by atoms with E-state index in [9.17, 15) is 4.39 Å². The van der Waals surface area contributed by atoms with Crippen molar-refractivity contribution in [1.82, 2.24) is 0 Å². The van der Waals surface area contributed by atoms with Crippen LogP contribution < -0.4 is 10.6 Å². The SMILES string of the molecule is CN(Cc1ccccc1)c1cc(F)c(Cl)cc1N. The molecule has 0 unspecified atom stereocenters. The summed E-state index contributed by atoms with van der Waals surface area (Å²) in [6.07, 6.45) is 0. The first-order valence-corrected chi connectivity index (χ1v) is 5.95. The van der Waals surface area contributed by atoms with Crippen LogP contribution in [0.5, 0.6) is 0 Å². The normalized spacial score (nSPS) is 10.4. The van der Waals surface area contributed by atoms with Crippen LogP contribution in [0.4, 0.5) is 15.8 Å². The molecule has 0 bridgehead atoms. The maximum atomic E-state index is 13.4. The third-order valence-electron chi connectivity index (χ3n) is 2.74. The van der Waals surface area contributed by atoms with E-state index in [0.29, 0.717) is 17.9 Å². The Balaban J connectivity index is 2.24. The lowest BCUT2D eigenvalue weighted by Gasteiger charge is -2.21. The van der Waals surface area contributed by atoms with E-state index >= 15 is 0 Å². The number of halogens is 2. The Morgan fingerprint density at radius 1 is 1.22 bits per heavy atom. The Hall–Kier alpha value is -1.74. The van der Waals surface area contributed by atoms with Crippen molar-refractivity contribution in [3.05, 3.63) is 58.9 Å². The third kappa shape index (κ3) is 2.74. The van der Waals surface area contributed by atoms with Gasteiger partial charge in [0.15, 0.2) is 0 Å². The zero-order chi connectivity index (χ0) is 13.1. The lowest BCUT2D eigenvalue weighted by Crippen LogP contribution is -2.18. The number of nitrogens with zero attached hydrogens (tertiary/aromatic N) is 1. The zero-order valence-corrected chi connectivity index (χ0v) is 10.8. The van der Waals surface area contributed by atoms with E-state index in [-0.39, 0.29) is 5.02 Å². The highest BCUT2D eigenvalue weighted by atomic mass is 35.5. The van der Waals surface area contributed by atoms with E-state index < -0.39 is 5.82 Å². The van der Waals surface area contributed by atoms with Gasteiger partial charge in [-0.25, -0.2) is 4.39 Å². The maximum Gasteiger partial charge on any atom is 0.144 e. The Bertz CT molecular complexity index is 543. The molecule has 0 spiro atoms.